The molecule has 0 saturated carbocycles. The molecule has 106 valence electrons. The quantitative estimate of drug-likeness (QED) is 0.770. The molecule has 2 atom stereocenters. The monoisotopic (exact) mass is 381 g/mol. The molecule has 0 heterocycles. The van der Waals surface area contributed by atoms with Gasteiger partial charge in [0.2, 0.25) is 0 Å². The number of hydrogen-bond donors (Lipinski definition) is 1. The highest BCUT2D eigenvalue weighted by Crippen LogP contribution is 2.22. The lowest BCUT2D eigenvalue weighted by atomic mass is 9.97. The fraction of sp³-hybridized carbons (Fsp3) is 0.294. The van der Waals surface area contributed by atoms with E-state index in [0.29, 0.717) is 6.61 Å². The lowest BCUT2D eigenvalue weighted by Gasteiger charge is -2.24. The molecule has 0 aliphatic rings. The summed E-state index contributed by atoms with van der Waals surface area (Å²) >= 11 is 2.31. The summed E-state index contributed by atoms with van der Waals surface area (Å²) in [6, 6.07) is 18.7. The first-order chi connectivity index (χ1) is 9.70. The van der Waals surface area contributed by atoms with E-state index in [0.717, 1.165) is 12.0 Å². The fourth-order valence-corrected chi connectivity index (χ4v) is 2.65. The summed E-state index contributed by atoms with van der Waals surface area (Å²) in [5.74, 6) is 0. The van der Waals surface area contributed by atoms with Crippen LogP contribution in [-0.4, -0.2) is 12.6 Å². The maximum Gasteiger partial charge on any atom is 0.0978 e. The van der Waals surface area contributed by atoms with Gasteiger partial charge in [0.25, 0.3) is 0 Å². The molecule has 2 unspecified atom stereocenters. The fourth-order valence-electron chi connectivity index (χ4n) is 2.29. The second kappa shape index (κ2) is 7.76. The highest BCUT2D eigenvalue weighted by Gasteiger charge is 2.20. The third-order valence-electron chi connectivity index (χ3n) is 3.25. The van der Waals surface area contributed by atoms with Gasteiger partial charge in [-0.25, -0.2) is 0 Å². The summed E-state index contributed by atoms with van der Waals surface area (Å²) in [6.45, 7) is 2.67. The topological polar surface area (TPSA) is 35.2 Å². The zero-order chi connectivity index (χ0) is 14.4. The summed E-state index contributed by atoms with van der Waals surface area (Å²) in [6.07, 6.45) is 0.761. The predicted octanol–water partition coefficient (Wildman–Crippen LogP) is 3.94. The molecule has 2 aromatic carbocycles. The van der Waals surface area contributed by atoms with Gasteiger partial charge in [0.15, 0.2) is 0 Å². The van der Waals surface area contributed by atoms with Crippen LogP contribution in [0.5, 0.6) is 0 Å². The first kappa shape index (κ1) is 15.5. The Morgan fingerprint density at radius 1 is 1.05 bits per heavy atom. The SMILES string of the molecule is CCOC(c1ccccc1)C(N)Cc1ccc(I)cc1. The summed E-state index contributed by atoms with van der Waals surface area (Å²) in [7, 11) is 0. The first-order valence-corrected chi connectivity index (χ1v) is 7.95. The molecule has 3 heteroatoms. The lowest BCUT2D eigenvalue weighted by Crippen LogP contribution is -2.32. The molecule has 2 rings (SSSR count). The third kappa shape index (κ3) is 4.30. The van der Waals surface area contributed by atoms with Crippen LogP contribution in [0.15, 0.2) is 54.6 Å². The Labute approximate surface area is 134 Å². The summed E-state index contributed by atoms with van der Waals surface area (Å²) in [4.78, 5) is 0. The van der Waals surface area contributed by atoms with Crippen molar-refractivity contribution in [3.63, 3.8) is 0 Å². The van der Waals surface area contributed by atoms with Crippen LogP contribution < -0.4 is 5.73 Å². The summed E-state index contributed by atoms with van der Waals surface area (Å²) in [5.41, 5.74) is 8.77. The molecule has 2 N–H and O–H groups in total. The Balaban J connectivity index is 2.11. The van der Waals surface area contributed by atoms with Crippen molar-refractivity contribution < 1.29 is 4.74 Å². The van der Waals surface area contributed by atoms with Crippen molar-refractivity contribution >= 4 is 22.6 Å². The summed E-state index contributed by atoms with van der Waals surface area (Å²) in [5, 5.41) is 0. The van der Waals surface area contributed by atoms with E-state index in [-0.39, 0.29) is 12.1 Å². The molecule has 0 radical (unpaired) electrons. The van der Waals surface area contributed by atoms with Crippen molar-refractivity contribution in [3.05, 3.63) is 69.3 Å². The van der Waals surface area contributed by atoms with Gasteiger partial charge in [0.05, 0.1) is 6.10 Å². The highest BCUT2D eigenvalue weighted by molar-refractivity contribution is 14.1. The van der Waals surface area contributed by atoms with Crippen LogP contribution >= 0.6 is 22.6 Å². The van der Waals surface area contributed by atoms with Crippen molar-refractivity contribution in [1.29, 1.82) is 0 Å². The van der Waals surface area contributed by atoms with Crippen LogP contribution in [0.25, 0.3) is 0 Å². The van der Waals surface area contributed by atoms with E-state index in [4.69, 9.17) is 10.5 Å². The first-order valence-electron chi connectivity index (χ1n) is 6.87. The van der Waals surface area contributed by atoms with Crippen LogP contribution in [0.2, 0.25) is 0 Å². The van der Waals surface area contributed by atoms with Crippen LogP contribution in [0, 0.1) is 3.57 Å². The van der Waals surface area contributed by atoms with Gasteiger partial charge in [0, 0.05) is 16.2 Å². The molecular weight excluding hydrogens is 361 g/mol. The molecule has 0 aliphatic heterocycles. The minimum absolute atomic E-state index is 0.0441. The number of rotatable bonds is 6. The van der Waals surface area contributed by atoms with E-state index in [1.165, 1.54) is 9.13 Å². The average molecular weight is 381 g/mol. The van der Waals surface area contributed by atoms with Crippen LogP contribution in [0.4, 0.5) is 0 Å². The maximum atomic E-state index is 6.38. The predicted molar refractivity (Wildman–Crippen MR) is 91.6 cm³/mol. The lowest BCUT2D eigenvalue weighted by molar-refractivity contribution is 0.0433. The molecule has 0 spiro atoms. The summed E-state index contributed by atoms with van der Waals surface area (Å²) < 4.78 is 7.10. The normalized spacial score (nSPS) is 13.9. The van der Waals surface area contributed by atoms with Crippen LogP contribution in [-0.2, 0) is 11.2 Å². The van der Waals surface area contributed by atoms with Gasteiger partial charge >= 0.3 is 0 Å². The second-order valence-corrected chi connectivity index (χ2v) is 6.03. The molecule has 0 saturated heterocycles. The Morgan fingerprint density at radius 3 is 2.30 bits per heavy atom. The van der Waals surface area contributed by atoms with Crippen LogP contribution in [0.1, 0.15) is 24.2 Å². The van der Waals surface area contributed by atoms with Gasteiger partial charge in [-0.1, -0.05) is 42.5 Å². The number of halogens is 1. The number of ether oxygens (including phenoxy) is 1. The molecule has 2 nitrogen and oxygen atoms in total. The van der Waals surface area contributed by atoms with Gasteiger partial charge in [-0.15, -0.1) is 0 Å². The molecule has 0 bridgehead atoms. The number of nitrogens with two attached hydrogens (primary N) is 1. The zero-order valence-corrected chi connectivity index (χ0v) is 13.8. The molecule has 20 heavy (non-hydrogen) atoms. The van der Waals surface area contributed by atoms with Gasteiger partial charge in [-0.2, -0.15) is 0 Å². The van der Waals surface area contributed by atoms with Gasteiger partial charge < -0.3 is 10.5 Å². The van der Waals surface area contributed by atoms with Crippen molar-refractivity contribution in [2.75, 3.05) is 6.61 Å². The van der Waals surface area contributed by atoms with Gasteiger partial charge in [-0.3, -0.25) is 0 Å². The molecule has 0 amide bonds. The Hall–Kier alpha value is -0.910. The number of hydrogen-bond acceptors (Lipinski definition) is 2. The van der Waals surface area contributed by atoms with Crippen molar-refractivity contribution in [2.45, 2.75) is 25.5 Å². The van der Waals surface area contributed by atoms with Crippen molar-refractivity contribution in [1.82, 2.24) is 0 Å². The van der Waals surface area contributed by atoms with E-state index in [9.17, 15) is 0 Å². The van der Waals surface area contributed by atoms with Crippen LogP contribution in [0.3, 0.4) is 0 Å². The molecule has 0 fully saturated rings. The zero-order valence-electron chi connectivity index (χ0n) is 11.6. The Bertz CT molecular complexity index is 512. The van der Waals surface area contributed by atoms with E-state index in [2.05, 4.69) is 59.0 Å². The van der Waals surface area contributed by atoms with Crippen molar-refractivity contribution in [2.24, 2.45) is 5.73 Å². The molecular formula is C17H20INO. The standard InChI is InChI=1S/C17H20INO/c1-2-20-17(14-6-4-3-5-7-14)16(19)12-13-8-10-15(18)11-9-13/h3-11,16-17H,2,12,19H2,1H3. The minimum atomic E-state index is -0.0551. The minimum Gasteiger partial charge on any atom is -0.372 e. The van der Waals surface area contributed by atoms with E-state index < -0.39 is 0 Å². The van der Waals surface area contributed by atoms with E-state index in [1.807, 2.05) is 25.1 Å². The third-order valence-corrected chi connectivity index (χ3v) is 3.97. The average Bonchev–Trinajstić information content (AvgIpc) is 2.48. The highest BCUT2D eigenvalue weighted by atomic mass is 127. The number of benzene rings is 2. The smallest absolute Gasteiger partial charge is 0.0978 e. The largest absolute Gasteiger partial charge is 0.372 e. The van der Waals surface area contributed by atoms with Crippen molar-refractivity contribution in [3.8, 4) is 0 Å². The molecule has 0 aliphatic carbocycles. The Kier molecular flexibility index (Phi) is 6.01. The molecule has 0 aromatic heterocycles. The van der Waals surface area contributed by atoms with E-state index >= 15 is 0 Å². The van der Waals surface area contributed by atoms with Gasteiger partial charge in [0.1, 0.15) is 0 Å². The second-order valence-electron chi connectivity index (χ2n) is 4.78. The maximum absolute atomic E-state index is 6.38. The van der Waals surface area contributed by atoms with E-state index in [1.54, 1.807) is 0 Å². The Morgan fingerprint density at radius 2 is 1.70 bits per heavy atom. The molecule has 2 aromatic rings. The van der Waals surface area contributed by atoms with Gasteiger partial charge in [-0.05, 0) is 59.2 Å².